The van der Waals surface area contributed by atoms with E-state index in [-0.39, 0.29) is 5.56 Å². The zero-order valence-electron chi connectivity index (χ0n) is 11.3. The van der Waals surface area contributed by atoms with E-state index in [1.165, 1.54) is 12.1 Å². The fourth-order valence-corrected chi connectivity index (χ4v) is 2.10. The Morgan fingerprint density at radius 2 is 1.67 bits per heavy atom. The Hall–Kier alpha value is -2.48. The number of nitriles is 1. The van der Waals surface area contributed by atoms with Crippen molar-refractivity contribution in [2.75, 3.05) is 5.32 Å². The second-order valence-corrected chi connectivity index (χ2v) is 4.64. The molecular formula is C16H13F3N2. The van der Waals surface area contributed by atoms with Gasteiger partial charge in [-0.15, -0.1) is 0 Å². The predicted octanol–water partition coefficient (Wildman–Crippen LogP) is 4.75. The lowest BCUT2D eigenvalue weighted by molar-refractivity contribution is -0.138. The number of halogens is 3. The van der Waals surface area contributed by atoms with Crippen LogP contribution in [-0.4, -0.2) is 0 Å². The average molecular weight is 290 g/mol. The Balaban J connectivity index is 2.24. The van der Waals surface area contributed by atoms with E-state index in [2.05, 4.69) is 5.32 Å². The van der Waals surface area contributed by atoms with Crippen LogP contribution in [0.3, 0.4) is 0 Å². The van der Waals surface area contributed by atoms with Crippen LogP contribution >= 0.6 is 0 Å². The van der Waals surface area contributed by atoms with Gasteiger partial charge in [0.15, 0.2) is 0 Å². The van der Waals surface area contributed by atoms with Crippen LogP contribution in [0.15, 0.2) is 48.5 Å². The molecule has 0 saturated carbocycles. The summed E-state index contributed by atoms with van der Waals surface area (Å²) in [6.45, 7) is 1.67. The largest absolute Gasteiger partial charge is 0.416 e. The molecule has 0 aliphatic carbocycles. The molecule has 0 saturated heterocycles. The summed E-state index contributed by atoms with van der Waals surface area (Å²) in [5.41, 5.74) is 0.718. The number of hydrogen-bond acceptors (Lipinski definition) is 2. The molecule has 0 amide bonds. The van der Waals surface area contributed by atoms with Crippen molar-refractivity contribution in [3.8, 4) is 6.07 Å². The first-order valence-electron chi connectivity index (χ1n) is 6.34. The van der Waals surface area contributed by atoms with Crippen LogP contribution in [0.4, 0.5) is 18.9 Å². The van der Waals surface area contributed by atoms with Gasteiger partial charge in [0, 0.05) is 11.7 Å². The van der Waals surface area contributed by atoms with Crippen LogP contribution in [0.5, 0.6) is 0 Å². The molecule has 0 aliphatic rings. The molecule has 108 valence electrons. The molecule has 1 atom stereocenters. The van der Waals surface area contributed by atoms with Crippen molar-refractivity contribution < 1.29 is 13.2 Å². The Morgan fingerprint density at radius 1 is 1.05 bits per heavy atom. The molecule has 1 N–H and O–H groups in total. The Bertz CT molecular complexity index is 654. The second kappa shape index (κ2) is 5.88. The summed E-state index contributed by atoms with van der Waals surface area (Å²) in [7, 11) is 0. The third kappa shape index (κ3) is 3.54. The molecule has 2 aromatic carbocycles. The normalized spacial score (nSPS) is 12.5. The van der Waals surface area contributed by atoms with E-state index in [9.17, 15) is 13.2 Å². The van der Waals surface area contributed by atoms with Gasteiger partial charge in [-0.2, -0.15) is 18.4 Å². The number of nitrogens with zero attached hydrogens (tertiary/aromatic N) is 1. The number of rotatable bonds is 3. The van der Waals surface area contributed by atoms with Gasteiger partial charge in [0.1, 0.15) is 0 Å². The van der Waals surface area contributed by atoms with Crippen molar-refractivity contribution in [3.63, 3.8) is 0 Å². The zero-order chi connectivity index (χ0) is 15.5. The van der Waals surface area contributed by atoms with E-state index in [0.29, 0.717) is 11.3 Å². The summed E-state index contributed by atoms with van der Waals surface area (Å²) in [5, 5.41) is 11.7. The van der Waals surface area contributed by atoms with Gasteiger partial charge in [0.05, 0.1) is 17.2 Å². The highest BCUT2D eigenvalue weighted by molar-refractivity contribution is 5.49. The van der Waals surface area contributed by atoms with Crippen molar-refractivity contribution in [1.29, 1.82) is 5.26 Å². The van der Waals surface area contributed by atoms with Gasteiger partial charge in [-0.3, -0.25) is 0 Å². The zero-order valence-corrected chi connectivity index (χ0v) is 11.3. The monoisotopic (exact) mass is 290 g/mol. The van der Waals surface area contributed by atoms with Crippen LogP contribution in [0.1, 0.15) is 29.7 Å². The maximum absolute atomic E-state index is 13.0. The first-order valence-corrected chi connectivity index (χ1v) is 6.34. The molecule has 0 fully saturated rings. The Kier molecular flexibility index (Phi) is 4.18. The van der Waals surface area contributed by atoms with Gasteiger partial charge in [-0.1, -0.05) is 18.2 Å². The Morgan fingerprint density at radius 3 is 2.24 bits per heavy atom. The van der Waals surface area contributed by atoms with Crippen molar-refractivity contribution in [1.82, 2.24) is 0 Å². The van der Waals surface area contributed by atoms with E-state index < -0.39 is 17.8 Å². The predicted molar refractivity (Wildman–Crippen MR) is 74.6 cm³/mol. The van der Waals surface area contributed by atoms with Crippen LogP contribution in [0.2, 0.25) is 0 Å². The number of alkyl halides is 3. The van der Waals surface area contributed by atoms with Crippen molar-refractivity contribution in [3.05, 3.63) is 65.2 Å². The average Bonchev–Trinajstić information content (AvgIpc) is 2.47. The molecule has 0 radical (unpaired) electrons. The third-order valence-electron chi connectivity index (χ3n) is 3.13. The van der Waals surface area contributed by atoms with E-state index >= 15 is 0 Å². The van der Waals surface area contributed by atoms with Crippen molar-refractivity contribution >= 4 is 5.69 Å². The van der Waals surface area contributed by atoms with E-state index in [1.807, 2.05) is 6.07 Å². The fraction of sp³-hybridized carbons (Fsp3) is 0.188. The van der Waals surface area contributed by atoms with E-state index in [1.54, 1.807) is 37.3 Å². The summed E-state index contributed by atoms with van der Waals surface area (Å²) in [5.74, 6) is 0. The minimum atomic E-state index is -4.38. The van der Waals surface area contributed by atoms with Crippen LogP contribution in [-0.2, 0) is 6.18 Å². The third-order valence-corrected chi connectivity index (χ3v) is 3.13. The SMILES string of the molecule is CC(Nc1ccc(C#N)cc1)c1ccccc1C(F)(F)F. The van der Waals surface area contributed by atoms with E-state index in [0.717, 1.165) is 6.07 Å². The summed E-state index contributed by atoms with van der Waals surface area (Å²) in [4.78, 5) is 0. The molecule has 0 spiro atoms. The number of anilines is 1. The molecule has 0 heterocycles. The lowest BCUT2D eigenvalue weighted by Gasteiger charge is -2.20. The maximum Gasteiger partial charge on any atom is 0.416 e. The van der Waals surface area contributed by atoms with Gasteiger partial charge >= 0.3 is 6.18 Å². The summed E-state index contributed by atoms with van der Waals surface area (Å²) in [6.07, 6.45) is -4.38. The van der Waals surface area contributed by atoms with Crippen LogP contribution in [0, 0.1) is 11.3 Å². The minimum Gasteiger partial charge on any atom is -0.379 e. The first-order chi connectivity index (χ1) is 9.91. The molecule has 5 heteroatoms. The molecule has 0 aromatic heterocycles. The minimum absolute atomic E-state index is 0.189. The molecule has 0 bridgehead atoms. The number of benzene rings is 2. The standard InChI is InChI=1S/C16H13F3N2/c1-11(21-13-8-6-12(10-20)7-9-13)14-4-2-3-5-15(14)16(17,18)19/h2-9,11,21H,1H3. The molecular weight excluding hydrogens is 277 g/mol. The van der Waals surface area contributed by atoms with Gasteiger partial charge in [0.2, 0.25) is 0 Å². The molecule has 21 heavy (non-hydrogen) atoms. The van der Waals surface area contributed by atoms with Gasteiger partial charge in [-0.25, -0.2) is 0 Å². The smallest absolute Gasteiger partial charge is 0.379 e. The highest BCUT2D eigenvalue weighted by Crippen LogP contribution is 2.35. The molecule has 0 aliphatic heterocycles. The van der Waals surface area contributed by atoms with Crippen LogP contribution < -0.4 is 5.32 Å². The number of hydrogen-bond donors (Lipinski definition) is 1. The van der Waals surface area contributed by atoms with Gasteiger partial charge in [0.25, 0.3) is 0 Å². The summed E-state index contributed by atoms with van der Waals surface area (Å²) in [6, 6.07) is 13.6. The van der Waals surface area contributed by atoms with Crippen molar-refractivity contribution in [2.45, 2.75) is 19.1 Å². The summed E-state index contributed by atoms with van der Waals surface area (Å²) < 4.78 is 38.9. The molecule has 2 nitrogen and oxygen atoms in total. The molecule has 2 rings (SSSR count). The second-order valence-electron chi connectivity index (χ2n) is 4.64. The topological polar surface area (TPSA) is 35.8 Å². The summed E-state index contributed by atoms with van der Waals surface area (Å²) >= 11 is 0. The van der Waals surface area contributed by atoms with Gasteiger partial charge in [-0.05, 0) is 42.8 Å². The fourth-order valence-electron chi connectivity index (χ4n) is 2.10. The number of nitrogens with one attached hydrogen (secondary N) is 1. The van der Waals surface area contributed by atoms with Crippen molar-refractivity contribution in [2.24, 2.45) is 0 Å². The lowest BCUT2D eigenvalue weighted by atomic mass is 10.0. The quantitative estimate of drug-likeness (QED) is 0.885. The highest BCUT2D eigenvalue weighted by Gasteiger charge is 2.34. The lowest BCUT2D eigenvalue weighted by Crippen LogP contribution is -2.15. The maximum atomic E-state index is 13.0. The molecule has 2 aromatic rings. The van der Waals surface area contributed by atoms with E-state index in [4.69, 9.17) is 5.26 Å². The molecule has 1 unspecified atom stereocenters. The van der Waals surface area contributed by atoms with Crippen LogP contribution in [0.25, 0.3) is 0 Å². The first kappa shape index (κ1) is 14.9. The Labute approximate surface area is 120 Å². The van der Waals surface area contributed by atoms with Gasteiger partial charge < -0.3 is 5.32 Å². The highest BCUT2D eigenvalue weighted by atomic mass is 19.4.